The number of aliphatic imine (C=N–C) groups is 1. The predicted molar refractivity (Wildman–Crippen MR) is 102 cm³/mol. The molecule has 6 heteroatoms. The molecule has 1 atom stereocenters. The van der Waals surface area contributed by atoms with Crippen molar-refractivity contribution in [3.63, 3.8) is 0 Å². The molecule has 0 saturated carbocycles. The van der Waals surface area contributed by atoms with Gasteiger partial charge in [0.05, 0.1) is 18.8 Å². The fourth-order valence-corrected chi connectivity index (χ4v) is 2.21. The van der Waals surface area contributed by atoms with Gasteiger partial charge < -0.3 is 15.4 Å². The van der Waals surface area contributed by atoms with E-state index in [2.05, 4.69) is 32.7 Å². The third kappa shape index (κ3) is 5.10. The number of aromatic nitrogens is 1. The van der Waals surface area contributed by atoms with Crippen LogP contribution in [-0.2, 0) is 11.3 Å². The van der Waals surface area contributed by atoms with Crippen molar-refractivity contribution in [1.29, 1.82) is 0 Å². The molecule has 5 nitrogen and oxygen atoms in total. The van der Waals surface area contributed by atoms with Crippen molar-refractivity contribution in [1.82, 2.24) is 15.6 Å². The third-order valence-electron chi connectivity index (χ3n) is 3.20. The first kappa shape index (κ1) is 18.6. The lowest BCUT2D eigenvalue weighted by molar-refractivity contribution is 0.179. The molecular weight excluding hydrogens is 391 g/mol. The van der Waals surface area contributed by atoms with E-state index in [9.17, 15) is 0 Å². The Kier molecular flexibility index (Phi) is 8.11. The van der Waals surface area contributed by atoms with Crippen LogP contribution in [0.1, 0.15) is 12.6 Å². The summed E-state index contributed by atoms with van der Waals surface area (Å²) in [5.41, 5.74) is 1.01. The Morgan fingerprint density at radius 1 is 1.32 bits per heavy atom. The van der Waals surface area contributed by atoms with Gasteiger partial charge in [0, 0.05) is 31.8 Å². The van der Waals surface area contributed by atoms with Gasteiger partial charge in [-0.25, -0.2) is 0 Å². The van der Waals surface area contributed by atoms with E-state index in [0.29, 0.717) is 13.2 Å². The number of guanidine groups is 1. The van der Waals surface area contributed by atoms with Gasteiger partial charge in [-0.2, -0.15) is 0 Å². The van der Waals surface area contributed by atoms with E-state index in [-0.39, 0.29) is 30.0 Å². The Morgan fingerprint density at radius 2 is 2.09 bits per heavy atom. The SMILES string of the molecule is CN=C(NCc1nccc2ccccc12)NC(C)COC.I. The molecule has 120 valence electrons. The van der Waals surface area contributed by atoms with Crippen molar-refractivity contribution >= 4 is 40.7 Å². The van der Waals surface area contributed by atoms with Crippen molar-refractivity contribution in [3.8, 4) is 0 Å². The Hall–Kier alpha value is -1.41. The van der Waals surface area contributed by atoms with Crippen molar-refractivity contribution in [2.24, 2.45) is 4.99 Å². The van der Waals surface area contributed by atoms with E-state index in [0.717, 1.165) is 17.0 Å². The molecule has 0 saturated heterocycles. The maximum atomic E-state index is 5.11. The number of benzene rings is 1. The van der Waals surface area contributed by atoms with Crippen LogP contribution in [0.5, 0.6) is 0 Å². The highest BCUT2D eigenvalue weighted by molar-refractivity contribution is 14.0. The average molecular weight is 414 g/mol. The van der Waals surface area contributed by atoms with Gasteiger partial charge in [0.25, 0.3) is 0 Å². The van der Waals surface area contributed by atoms with Crippen LogP contribution < -0.4 is 10.6 Å². The molecule has 0 aliphatic rings. The maximum absolute atomic E-state index is 5.11. The van der Waals surface area contributed by atoms with Crippen molar-refractivity contribution < 1.29 is 4.74 Å². The Balaban J connectivity index is 0.00000242. The lowest BCUT2D eigenvalue weighted by Gasteiger charge is -2.17. The van der Waals surface area contributed by atoms with Crippen LogP contribution in [-0.4, -0.2) is 37.7 Å². The van der Waals surface area contributed by atoms with Crippen LogP contribution in [0.3, 0.4) is 0 Å². The Labute approximate surface area is 148 Å². The number of fused-ring (bicyclic) bond motifs is 1. The summed E-state index contributed by atoms with van der Waals surface area (Å²) >= 11 is 0. The molecule has 2 rings (SSSR count). The van der Waals surface area contributed by atoms with Gasteiger partial charge in [0.15, 0.2) is 5.96 Å². The first-order chi connectivity index (χ1) is 10.2. The molecule has 1 unspecified atom stereocenters. The quantitative estimate of drug-likeness (QED) is 0.449. The van der Waals surface area contributed by atoms with Gasteiger partial charge in [-0.05, 0) is 18.4 Å². The lowest BCUT2D eigenvalue weighted by atomic mass is 10.1. The van der Waals surface area contributed by atoms with Gasteiger partial charge in [0.1, 0.15) is 0 Å². The number of methoxy groups -OCH3 is 1. The molecule has 0 spiro atoms. The lowest BCUT2D eigenvalue weighted by Crippen LogP contribution is -2.43. The molecule has 1 heterocycles. The number of halogens is 1. The summed E-state index contributed by atoms with van der Waals surface area (Å²) in [6.45, 7) is 3.31. The van der Waals surface area contributed by atoms with E-state index in [4.69, 9.17) is 4.74 Å². The minimum Gasteiger partial charge on any atom is -0.383 e. The van der Waals surface area contributed by atoms with Gasteiger partial charge in [-0.1, -0.05) is 24.3 Å². The van der Waals surface area contributed by atoms with Gasteiger partial charge in [0.2, 0.25) is 0 Å². The second-order valence-corrected chi connectivity index (χ2v) is 4.91. The molecule has 1 aromatic carbocycles. The first-order valence-electron chi connectivity index (χ1n) is 7.03. The summed E-state index contributed by atoms with van der Waals surface area (Å²) in [4.78, 5) is 8.68. The number of ether oxygens (including phenoxy) is 1. The maximum Gasteiger partial charge on any atom is 0.191 e. The summed E-state index contributed by atoms with van der Waals surface area (Å²) in [6.07, 6.45) is 1.84. The topological polar surface area (TPSA) is 58.5 Å². The van der Waals surface area contributed by atoms with Gasteiger partial charge in [-0.3, -0.25) is 9.98 Å². The number of hydrogen-bond donors (Lipinski definition) is 2. The van der Waals surface area contributed by atoms with E-state index in [1.54, 1.807) is 14.2 Å². The number of nitrogens with one attached hydrogen (secondary N) is 2. The molecule has 0 amide bonds. The zero-order valence-electron chi connectivity index (χ0n) is 13.2. The summed E-state index contributed by atoms with van der Waals surface area (Å²) in [5, 5.41) is 8.91. The van der Waals surface area contributed by atoms with E-state index >= 15 is 0 Å². The molecule has 1 aromatic heterocycles. The fraction of sp³-hybridized carbons (Fsp3) is 0.375. The molecule has 22 heavy (non-hydrogen) atoms. The van der Waals surface area contributed by atoms with Crippen LogP contribution >= 0.6 is 24.0 Å². The smallest absolute Gasteiger partial charge is 0.191 e. The average Bonchev–Trinajstić information content (AvgIpc) is 2.51. The minimum absolute atomic E-state index is 0. The summed E-state index contributed by atoms with van der Waals surface area (Å²) in [7, 11) is 3.44. The zero-order chi connectivity index (χ0) is 15.1. The molecule has 0 aliphatic carbocycles. The normalized spacial score (nSPS) is 12.6. The number of pyridine rings is 1. The minimum atomic E-state index is 0. The number of rotatable bonds is 5. The zero-order valence-corrected chi connectivity index (χ0v) is 15.5. The van der Waals surface area contributed by atoms with Gasteiger partial charge >= 0.3 is 0 Å². The van der Waals surface area contributed by atoms with Crippen LogP contribution in [0.25, 0.3) is 10.8 Å². The molecule has 0 radical (unpaired) electrons. The van der Waals surface area contributed by atoms with Crippen molar-refractivity contribution in [2.75, 3.05) is 20.8 Å². The molecular formula is C16H23IN4O. The molecule has 2 N–H and O–H groups in total. The molecule has 0 bridgehead atoms. The predicted octanol–water partition coefficient (Wildman–Crippen LogP) is 2.55. The second kappa shape index (κ2) is 9.58. The van der Waals surface area contributed by atoms with E-state index in [1.165, 1.54) is 5.39 Å². The summed E-state index contributed by atoms with van der Waals surface area (Å²) < 4.78 is 5.11. The Morgan fingerprint density at radius 3 is 2.82 bits per heavy atom. The van der Waals surface area contributed by atoms with Crippen LogP contribution in [0.4, 0.5) is 0 Å². The van der Waals surface area contributed by atoms with E-state index in [1.807, 2.05) is 31.3 Å². The van der Waals surface area contributed by atoms with E-state index < -0.39 is 0 Å². The third-order valence-corrected chi connectivity index (χ3v) is 3.20. The first-order valence-corrected chi connectivity index (χ1v) is 7.03. The van der Waals surface area contributed by atoms with Crippen LogP contribution in [0.15, 0.2) is 41.5 Å². The van der Waals surface area contributed by atoms with Gasteiger partial charge in [-0.15, -0.1) is 24.0 Å². The number of nitrogens with zero attached hydrogens (tertiary/aromatic N) is 2. The van der Waals surface area contributed by atoms with Crippen molar-refractivity contribution in [3.05, 3.63) is 42.2 Å². The molecule has 0 fully saturated rings. The monoisotopic (exact) mass is 414 g/mol. The molecule has 0 aliphatic heterocycles. The summed E-state index contributed by atoms with van der Waals surface area (Å²) in [6, 6.07) is 10.5. The highest BCUT2D eigenvalue weighted by Gasteiger charge is 2.06. The standard InChI is InChI=1S/C16H22N4O.HI/c1-12(11-21-3)20-16(17-2)19-10-15-14-7-5-4-6-13(14)8-9-18-15;/h4-9,12H,10-11H2,1-3H3,(H2,17,19,20);1H. The van der Waals surface area contributed by atoms with Crippen molar-refractivity contribution in [2.45, 2.75) is 19.5 Å². The van der Waals surface area contributed by atoms with Crippen LogP contribution in [0, 0.1) is 0 Å². The highest BCUT2D eigenvalue weighted by atomic mass is 127. The molecule has 2 aromatic rings. The number of hydrogen-bond acceptors (Lipinski definition) is 3. The second-order valence-electron chi connectivity index (χ2n) is 4.91. The fourth-order valence-electron chi connectivity index (χ4n) is 2.21. The largest absolute Gasteiger partial charge is 0.383 e. The Bertz CT molecular complexity index is 613. The highest BCUT2D eigenvalue weighted by Crippen LogP contribution is 2.15. The summed E-state index contributed by atoms with van der Waals surface area (Å²) in [5.74, 6) is 0.745. The van der Waals surface area contributed by atoms with Crippen LogP contribution in [0.2, 0.25) is 0 Å².